The Morgan fingerprint density at radius 1 is 1.05 bits per heavy atom. The summed E-state index contributed by atoms with van der Waals surface area (Å²) in [6, 6.07) is 4.55. The van der Waals surface area contributed by atoms with Gasteiger partial charge in [-0.05, 0) is 44.4 Å². The SMILES string of the molecule is CC(NC(C)c1nnc2n1CCCCC2)c1ccncc1. The first-order chi connectivity index (χ1) is 10.3. The molecule has 3 rings (SSSR count). The molecule has 1 aliphatic rings. The molecule has 0 aromatic carbocycles. The Morgan fingerprint density at radius 2 is 1.86 bits per heavy atom. The summed E-state index contributed by atoms with van der Waals surface area (Å²) in [6.45, 7) is 5.39. The van der Waals surface area contributed by atoms with Crippen LogP contribution in [0.15, 0.2) is 24.5 Å². The molecule has 0 spiro atoms. The largest absolute Gasteiger partial charge is 0.314 e. The highest BCUT2D eigenvalue weighted by Gasteiger charge is 2.20. The smallest absolute Gasteiger partial charge is 0.149 e. The summed E-state index contributed by atoms with van der Waals surface area (Å²) >= 11 is 0. The van der Waals surface area contributed by atoms with Crippen molar-refractivity contribution in [2.75, 3.05) is 0 Å². The first-order valence-electron chi connectivity index (χ1n) is 7.83. The van der Waals surface area contributed by atoms with Crippen LogP contribution in [0.25, 0.3) is 0 Å². The Hall–Kier alpha value is -1.75. The van der Waals surface area contributed by atoms with E-state index in [4.69, 9.17) is 0 Å². The summed E-state index contributed by atoms with van der Waals surface area (Å²) in [7, 11) is 0. The minimum Gasteiger partial charge on any atom is -0.314 e. The topological polar surface area (TPSA) is 55.6 Å². The molecule has 0 saturated carbocycles. The van der Waals surface area contributed by atoms with Crippen LogP contribution in [-0.2, 0) is 13.0 Å². The molecule has 0 amide bonds. The molecule has 1 aliphatic heterocycles. The highest BCUT2D eigenvalue weighted by atomic mass is 15.3. The summed E-state index contributed by atoms with van der Waals surface area (Å²) in [5.74, 6) is 2.21. The van der Waals surface area contributed by atoms with Gasteiger partial charge in [-0.3, -0.25) is 4.98 Å². The van der Waals surface area contributed by atoms with E-state index in [-0.39, 0.29) is 12.1 Å². The summed E-state index contributed by atoms with van der Waals surface area (Å²) in [6.07, 6.45) is 8.47. The zero-order valence-corrected chi connectivity index (χ0v) is 12.8. The van der Waals surface area contributed by atoms with Crippen molar-refractivity contribution in [3.05, 3.63) is 41.7 Å². The van der Waals surface area contributed by atoms with E-state index in [1.165, 1.54) is 24.8 Å². The molecule has 3 heterocycles. The van der Waals surface area contributed by atoms with Crippen LogP contribution in [0.3, 0.4) is 0 Å². The van der Waals surface area contributed by atoms with Gasteiger partial charge in [0.05, 0.1) is 6.04 Å². The minimum absolute atomic E-state index is 0.188. The van der Waals surface area contributed by atoms with Gasteiger partial charge in [-0.2, -0.15) is 0 Å². The fraction of sp³-hybridized carbons (Fsp3) is 0.562. The summed E-state index contributed by atoms with van der Waals surface area (Å²) in [5.41, 5.74) is 1.24. The fourth-order valence-corrected chi connectivity index (χ4v) is 3.03. The number of hydrogen-bond donors (Lipinski definition) is 1. The maximum atomic E-state index is 4.42. The lowest BCUT2D eigenvalue weighted by Gasteiger charge is -2.20. The third kappa shape index (κ3) is 3.13. The Kier molecular flexibility index (Phi) is 4.29. The average Bonchev–Trinajstić information content (AvgIpc) is 2.77. The van der Waals surface area contributed by atoms with Crippen molar-refractivity contribution in [2.24, 2.45) is 0 Å². The second-order valence-electron chi connectivity index (χ2n) is 5.83. The third-order valence-corrected chi connectivity index (χ3v) is 4.23. The molecule has 0 aliphatic carbocycles. The predicted octanol–water partition coefficient (Wildman–Crippen LogP) is 2.81. The minimum atomic E-state index is 0.188. The van der Waals surface area contributed by atoms with Gasteiger partial charge in [0, 0.05) is 31.4 Å². The van der Waals surface area contributed by atoms with E-state index in [0.717, 1.165) is 24.6 Å². The zero-order chi connectivity index (χ0) is 14.7. The van der Waals surface area contributed by atoms with Crippen molar-refractivity contribution in [3.63, 3.8) is 0 Å². The van der Waals surface area contributed by atoms with Crippen LogP contribution < -0.4 is 5.32 Å². The Labute approximate surface area is 125 Å². The van der Waals surface area contributed by atoms with Gasteiger partial charge in [-0.1, -0.05) is 6.42 Å². The Morgan fingerprint density at radius 3 is 2.67 bits per heavy atom. The predicted molar refractivity (Wildman–Crippen MR) is 81.8 cm³/mol. The Bertz CT molecular complexity index is 578. The van der Waals surface area contributed by atoms with E-state index in [2.05, 4.69) is 51.0 Å². The van der Waals surface area contributed by atoms with Crippen molar-refractivity contribution in [3.8, 4) is 0 Å². The van der Waals surface area contributed by atoms with Crippen LogP contribution >= 0.6 is 0 Å². The van der Waals surface area contributed by atoms with E-state index in [9.17, 15) is 0 Å². The summed E-state index contributed by atoms with van der Waals surface area (Å²) in [5, 5.41) is 12.4. The van der Waals surface area contributed by atoms with Gasteiger partial charge in [-0.15, -0.1) is 10.2 Å². The van der Waals surface area contributed by atoms with Gasteiger partial charge in [0.1, 0.15) is 11.6 Å². The fourth-order valence-electron chi connectivity index (χ4n) is 3.03. The highest BCUT2D eigenvalue weighted by Crippen LogP contribution is 2.21. The molecule has 0 radical (unpaired) electrons. The molecule has 2 aromatic heterocycles. The van der Waals surface area contributed by atoms with E-state index < -0.39 is 0 Å². The van der Waals surface area contributed by atoms with Crippen LogP contribution in [0.1, 0.15) is 62.4 Å². The maximum Gasteiger partial charge on any atom is 0.149 e. The molecule has 0 saturated heterocycles. The molecule has 1 N–H and O–H groups in total. The molecule has 5 nitrogen and oxygen atoms in total. The first kappa shape index (κ1) is 14.2. The molecule has 2 atom stereocenters. The lowest BCUT2D eigenvalue weighted by atomic mass is 10.1. The first-order valence-corrected chi connectivity index (χ1v) is 7.83. The van der Waals surface area contributed by atoms with Gasteiger partial charge in [-0.25, -0.2) is 0 Å². The van der Waals surface area contributed by atoms with Gasteiger partial charge in [0.25, 0.3) is 0 Å². The standard InChI is InChI=1S/C16H23N5/c1-12(14-7-9-17-10-8-14)18-13(2)16-20-19-15-6-4-3-5-11-21(15)16/h7-10,12-13,18H,3-6,11H2,1-2H3. The molecule has 112 valence electrons. The van der Waals surface area contributed by atoms with Crippen molar-refractivity contribution >= 4 is 0 Å². The quantitative estimate of drug-likeness (QED) is 0.938. The number of fused-ring (bicyclic) bond motifs is 1. The summed E-state index contributed by atoms with van der Waals surface area (Å²) in [4.78, 5) is 4.07. The summed E-state index contributed by atoms with van der Waals surface area (Å²) < 4.78 is 2.31. The third-order valence-electron chi connectivity index (χ3n) is 4.23. The Balaban J connectivity index is 1.74. The van der Waals surface area contributed by atoms with Gasteiger partial charge in [0.2, 0.25) is 0 Å². The number of nitrogens with zero attached hydrogens (tertiary/aromatic N) is 4. The number of aryl methyl sites for hydroxylation is 1. The molecule has 0 fully saturated rings. The maximum absolute atomic E-state index is 4.42. The number of hydrogen-bond acceptors (Lipinski definition) is 4. The van der Waals surface area contributed by atoms with E-state index in [1.807, 2.05) is 12.4 Å². The van der Waals surface area contributed by atoms with Crippen LogP contribution in [0.2, 0.25) is 0 Å². The molecule has 5 heteroatoms. The number of aromatic nitrogens is 4. The lowest BCUT2D eigenvalue weighted by molar-refractivity contribution is 0.453. The van der Waals surface area contributed by atoms with Gasteiger partial charge in [0.15, 0.2) is 0 Å². The molecule has 21 heavy (non-hydrogen) atoms. The number of rotatable bonds is 4. The second-order valence-corrected chi connectivity index (χ2v) is 5.83. The van der Waals surface area contributed by atoms with Crippen LogP contribution in [-0.4, -0.2) is 19.7 Å². The normalized spacial score (nSPS) is 17.8. The van der Waals surface area contributed by atoms with E-state index in [1.54, 1.807) is 0 Å². The van der Waals surface area contributed by atoms with Crippen molar-refractivity contribution < 1.29 is 0 Å². The van der Waals surface area contributed by atoms with Gasteiger partial charge >= 0.3 is 0 Å². The van der Waals surface area contributed by atoms with Crippen LogP contribution in [0.4, 0.5) is 0 Å². The molecule has 0 bridgehead atoms. The van der Waals surface area contributed by atoms with E-state index >= 15 is 0 Å². The highest BCUT2D eigenvalue weighted by molar-refractivity contribution is 5.15. The second kappa shape index (κ2) is 6.35. The number of nitrogens with one attached hydrogen (secondary N) is 1. The number of pyridine rings is 1. The zero-order valence-electron chi connectivity index (χ0n) is 12.8. The van der Waals surface area contributed by atoms with E-state index in [0.29, 0.717) is 0 Å². The molecular formula is C16H23N5. The monoisotopic (exact) mass is 285 g/mol. The van der Waals surface area contributed by atoms with Crippen molar-refractivity contribution in [1.82, 2.24) is 25.1 Å². The van der Waals surface area contributed by atoms with Gasteiger partial charge < -0.3 is 9.88 Å². The van der Waals surface area contributed by atoms with Crippen molar-refractivity contribution in [1.29, 1.82) is 0 Å². The molecule has 2 unspecified atom stereocenters. The average molecular weight is 285 g/mol. The van der Waals surface area contributed by atoms with Crippen molar-refractivity contribution in [2.45, 2.75) is 58.2 Å². The lowest BCUT2D eigenvalue weighted by Crippen LogP contribution is -2.25. The molecule has 2 aromatic rings. The molecular weight excluding hydrogens is 262 g/mol. The van der Waals surface area contributed by atoms with Crippen LogP contribution in [0, 0.1) is 0 Å². The van der Waals surface area contributed by atoms with Crippen LogP contribution in [0.5, 0.6) is 0 Å².